The van der Waals surface area contributed by atoms with Crippen LogP contribution in [0.3, 0.4) is 0 Å². The summed E-state index contributed by atoms with van der Waals surface area (Å²) in [4.78, 5) is 26.9. The van der Waals surface area contributed by atoms with Crippen LogP contribution in [0.2, 0.25) is 0 Å². The molecule has 4 heterocycles. The van der Waals surface area contributed by atoms with E-state index in [4.69, 9.17) is 9.47 Å². The van der Waals surface area contributed by atoms with Crippen molar-refractivity contribution in [2.24, 2.45) is 0 Å². The van der Waals surface area contributed by atoms with Gasteiger partial charge in [0.2, 0.25) is 5.91 Å². The molecule has 0 radical (unpaired) electrons. The van der Waals surface area contributed by atoms with Crippen LogP contribution in [0.4, 0.5) is 0 Å². The van der Waals surface area contributed by atoms with Crippen LogP contribution >= 0.6 is 0 Å². The van der Waals surface area contributed by atoms with Gasteiger partial charge in [-0.05, 0) is 30.5 Å². The number of amides is 1. The second kappa shape index (κ2) is 8.00. The molecule has 2 aliphatic rings. The maximum absolute atomic E-state index is 12.6. The molecule has 4 rings (SSSR count). The van der Waals surface area contributed by atoms with E-state index in [-0.39, 0.29) is 17.6 Å². The van der Waals surface area contributed by atoms with E-state index in [2.05, 4.69) is 15.0 Å². The van der Waals surface area contributed by atoms with Gasteiger partial charge < -0.3 is 14.4 Å². The number of likely N-dealkylation sites (tertiary alicyclic amines) is 1. The first kappa shape index (κ1) is 17.9. The highest BCUT2D eigenvalue weighted by Crippen LogP contribution is 2.36. The molecule has 142 valence electrons. The first-order chi connectivity index (χ1) is 13.2. The Balaban J connectivity index is 1.31. The second-order valence-electron chi connectivity index (χ2n) is 7.21. The number of hydrogen-bond donors (Lipinski definition) is 0. The molecule has 2 aromatic rings. The number of piperidine rings is 1. The van der Waals surface area contributed by atoms with Crippen molar-refractivity contribution < 1.29 is 14.3 Å². The van der Waals surface area contributed by atoms with E-state index in [1.54, 1.807) is 30.9 Å². The molecular weight excluding hydrogens is 344 g/mol. The zero-order valence-corrected chi connectivity index (χ0v) is 15.3. The van der Waals surface area contributed by atoms with Crippen molar-refractivity contribution in [2.75, 3.05) is 19.7 Å². The Kier molecular flexibility index (Phi) is 5.29. The normalized spacial score (nSPS) is 21.8. The number of rotatable bonds is 4. The van der Waals surface area contributed by atoms with Gasteiger partial charge in [-0.25, -0.2) is 9.97 Å². The zero-order chi connectivity index (χ0) is 18.5. The second-order valence-corrected chi connectivity index (χ2v) is 7.21. The quantitative estimate of drug-likeness (QED) is 0.822. The SMILES string of the molecule is O=C(Cc1cccnc1)N1CCC2(CC1)CC(Oc1ncccn1)CCO2. The molecule has 0 N–H and O–H groups in total. The monoisotopic (exact) mass is 368 g/mol. The number of nitrogens with zero attached hydrogens (tertiary/aromatic N) is 4. The molecule has 1 amide bonds. The molecule has 1 spiro atoms. The molecule has 0 aromatic carbocycles. The van der Waals surface area contributed by atoms with Gasteiger partial charge in [0.15, 0.2) is 0 Å². The first-order valence-electron chi connectivity index (χ1n) is 9.47. The van der Waals surface area contributed by atoms with Gasteiger partial charge in [-0.1, -0.05) is 6.07 Å². The zero-order valence-electron chi connectivity index (χ0n) is 15.3. The van der Waals surface area contributed by atoms with Crippen LogP contribution in [-0.2, 0) is 16.0 Å². The topological polar surface area (TPSA) is 77.4 Å². The predicted octanol–water partition coefficient (Wildman–Crippen LogP) is 2.03. The number of hydrogen-bond acceptors (Lipinski definition) is 6. The Hall–Kier alpha value is -2.54. The Morgan fingerprint density at radius 1 is 1.22 bits per heavy atom. The number of carbonyl (C=O) groups is 1. The molecule has 0 bridgehead atoms. The molecule has 7 heteroatoms. The number of aromatic nitrogens is 3. The van der Waals surface area contributed by atoms with E-state index in [0.717, 1.165) is 31.2 Å². The Morgan fingerprint density at radius 3 is 2.78 bits per heavy atom. The average Bonchev–Trinajstić information content (AvgIpc) is 2.70. The molecule has 2 aliphatic heterocycles. The van der Waals surface area contributed by atoms with E-state index in [0.29, 0.717) is 32.1 Å². The Bertz CT molecular complexity index is 748. The molecule has 27 heavy (non-hydrogen) atoms. The lowest BCUT2D eigenvalue weighted by molar-refractivity contribution is -0.151. The third-order valence-electron chi connectivity index (χ3n) is 5.37. The summed E-state index contributed by atoms with van der Waals surface area (Å²) in [5, 5.41) is 0. The van der Waals surface area contributed by atoms with Gasteiger partial charge in [0, 0.05) is 50.7 Å². The molecule has 1 atom stereocenters. The van der Waals surface area contributed by atoms with Crippen LogP contribution in [-0.4, -0.2) is 57.2 Å². The lowest BCUT2D eigenvalue weighted by atomic mass is 9.83. The van der Waals surface area contributed by atoms with Crippen LogP contribution in [0, 0.1) is 0 Å². The molecule has 2 aromatic heterocycles. The third kappa shape index (κ3) is 4.42. The van der Waals surface area contributed by atoms with Crippen molar-refractivity contribution in [3.05, 3.63) is 48.5 Å². The molecule has 0 aliphatic carbocycles. The number of ether oxygens (including phenoxy) is 2. The molecule has 1 unspecified atom stereocenters. The van der Waals surface area contributed by atoms with E-state index in [9.17, 15) is 4.79 Å². The van der Waals surface area contributed by atoms with Crippen molar-refractivity contribution in [2.45, 2.75) is 43.8 Å². The smallest absolute Gasteiger partial charge is 0.316 e. The minimum atomic E-state index is -0.206. The van der Waals surface area contributed by atoms with Gasteiger partial charge in [-0.2, -0.15) is 0 Å². The van der Waals surface area contributed by atoms with Crippen LogP contribution in [0.1, 0.15) is 31.2 Å². The van der Waals surface area contributed by atoms with Crippen LogP contribution in [0.25, 0.3) is 0 Å². The van der Waals surface area contributed by atoms with Crippen molar-refractivity contribution in [1.82, 2.24) is 19.9 Å². The summed E-state index contributed by atoms with van der Waals surface area (Å²) < 4.78 is 12.1. The fourth-order valence-corrected chi connectivity index (χ4v) is 3.88. The van der Waals surface area contributed by atoms with E-state index >= 15 is 0 Å². The maximum atomic E-state index is 12.6. The van der Waals surface area contributed by atoms with Gasteiger partial charge in [0.05, 0.1) is 18.6 Å². The summed E-state index contributed by atoms with van der Waals surface area (Å²) in [6.45, 7) is 2.10. The van der Waals surface area contributed by atoms with E-state index in [1.165, 1.54) is 0 Å². The van der Waals surface area contributed by atoms with Gasteiger partial charge >= 0.3 is 6.01 Å². The van der Waals surface area contributed by atoms with E-state index in [1.807, 2.05) is 17.0 Å². The summed E-state index contributed by atoms with van der Waals surface area (Å²) in [7, 11) is 0. The van der Waals surface area contributed by atoms with Gasteiger partial charge in [0.25, 0.3) is 0 Å². The van der Waals surface area contributed by atoms with Crippen LogP contribution < -0.4 is 4.74 Å². The summed E-state index contributed by atoms with van der Waals surface area (Å²) in [6, 6.07) is 5.99. The lowest BCUT2D eigenvalue weighted by Gasteiger charge is -2.45. The predicted molar refractivity (Wildman–Crippen MR) is 98.1 cm³/mol. The average molecular weight is 368 g/mol. The van der Waals surface area contributed by atoms with Gasteiger partial charge in [-0.3, -0.25) is 9.78 Å². The van der Waals surface area contributed by atoms with Gasteiger partial charge in [0.1, 0.15) is 6.10 Å². The molecule has 2 saturated heterocycles. The Morgan fingerprint density at radius 2 is 2.04 bits per heavy atom. The van der Waals surface area contributed by atoms with Crippen molar-refractivity contribution in [3.8, 4) is 6.01 Å². The minimum Gasteiger partial charge on any atom is -0.460 e. The maximum Gasteiger partial charge on any atom is 0.316 e. The largest absolute Gasteiger partial charge is 0.460 e. The first-order valence-corrected chi connectivity index (χ1v) is 9.47. The minimum absolute atomic E-state index is 0.0544. The standard InChI is InChI=1S/C20H24N4O3/c25-18(13-16-3-1-7-21-15-16)24-10-5-20(6-11-24)14-17(4-12-26-20)27-19-22-8-2-9-23-19/h1-3,7-9,15,17H,4-6,10-14H2. The summed E-state index contributed by atoms with van der Waals surface area (Å²) in [5.41, 5.74) is 0.746. The summed E-state index contributed by atoms with van der Waals surface area (Å²) in [6.07, 6.45) is 10.6. The number of carbonyl (C=O) groups excluding carboxylic acids is 1. The molecule has 7 nitrogen and oxygen atoms in total. The van der Waals surface area contributed by atoms with Crippen molar-refractivity contribution >= 4 is 5.91 Å². The molecule has 0 saturated carbocycles. The highest BCUT2D eigenvalue weighted by Gasteiger charge is 2.42. The highest BCUT2D eigenvalue weighted by molar-refractivity contribution is 5.78. The third-order valence-corrected chi connectivity index (χ3v) is 5.37. The van der Waals surface area contributed by atoms with Gasteiger partial charge in [-0.15, -0.1) is 0 Å². The lowest BCUT2D eigenvalue weighted by Crippen LogP contribution is -2.52. The fourth-order valence-electron chi connectivity index (χ4n) is 3.88. The molecule has 2 fully saturated rings. The molecular formula is C20H24N4O3. The fraction of sp³-hybridized carbons (Fsp3) is 0.500. The van der Waals surface area contributed by atoms with Crippen LogP contribution in [0.15, 0.2) is 43.0 Å². The highest BCUT2D eigenvalue weighted by atomic mass is 16.5. The van der Waals surface area contributed by atoms with Crippen molar-refractivity contribution in [3.63, 3.8) is 0 Å². The number of pyridine rings is 1. The van der Waals surface area contributed by atoms with Crippen LogP contribution in [0.5, 0.6) is 6.01 Å². The Labute approximate surface area is 158 Å². The van der Waals surface area contributed by atoms with E-state index < -0.39 is 0 Å². The summed E-state index contributed by atoms with van der Waals surface area (Å²) in [5.74, 6) is 0.152. The van der Waals surface area contributed by atoms with Crippen molar-refractivity contribution in [1.29, 1.82) is 0 Å². The summed E-state index contributed by atoms with van der Waals surface area (Å²) >= 11 is 0.